The Bertz CT molecular complexity index is 3230. The van der Waals surface area contributed by atoms with Crippen molar-refractivity contribution < 1.29 is 0 Å². The zero-order valence-electron chi connectivity index (χ0n) is 34.2. The summed E-state index contributed by atoms with van der Waals surface area (Å²) in [6.45, 7) is 0. The lowest BCUT2D eigenvalue weighted by molar-refractivity contribution is 1.05. The van der Waals surface area contributed by atoms with Gasteiger partial charge >= 0.3 is 0 Å². The maximum absolute atomic E-state index is 5.10. The zero-order chi connectivity index (χ0) is 41.2. The largest absolute Gasteiger partial charge is 0.355 e. The van der Waals surface area contributed by atoms with Gasteiger partial charge in [-0.05, 0) is 89.2 Å². The fraction of sp³-hybridized carbons (Fsp3) is 0.0339. The van der Waals surface area contributed by atoms with Crippen molar-refractivity contribution in [2.24, 2.45) is 0 Å². The smallest absolute Gasteiger partial charge is 0.0715 e. The fourth-order valence-electron chi connectivity index (χ4n) is 9.04. The molecule has 1 N–H and O–H groups in total. The molecule has 0 radical (unpaired) electrons. The first-order valence-corrected chi connectivity index (χ1v) is 21.4. The van der Waals surface area contributed by atoms with Crippen LogP contribution in [0.4, 0.5) is 11.4 Å². The van der Waals surface area contributed by atoms with Gasteiger partial charge in [0.15, 0.2) is 0 Å². The summed E-state index contributed by atoms with van der Waals surface area (Å²) in [4.78, 5) is 5.10. The van der Waals surface area contributed by atoms with Crippen LogP contribution in [0.15, 0.2) is 231 Å². The maximum atomic E-state index is 5.10. The van der Waals surface area contributed by atoms with Gasteiger partial charge in [-0.25, -0.2) is 4.98 Å². The number of nitrogens with zero attached hydrogens (tertiary/aromatic N) is 2. The number of fused-ring (bicyclic) bond motifs is 3. The molecule has 2 heterocycles. The lowest BCUT2D eigenvalue weighted by Crippen LogP contribution is -2.00. The first-order chi connectivity index (χ1) is 30.7. The van der Waals surface area contributed by atoms with E-state index in [1.165, 1.54) is 49.6 Å². The molecule has 0 saturated heterocycles. The fourth-order valence-corrected chi connectivity index (χ4v) is 9.04. The molecule has 294 valence electrons. The van der Waals surface area contributed by atoms with E-state index >= 15 is 0 Å². The SMILES string of the molecule is C1=CCCC(c2cc(-c3ccc(-c4cc(-c5ccccc5)nc(-c5ccccc5)c4)cc3)ccc2Nc2ccccc2-c2cccc3c4ccccc4n(-c4ccccc4)c23)=C1. The van der Waals surface area contributed by atoms with Gasteiger partial charge < -0.3 is 9.88 Å². The van der Waals surface area contributed by atoms with Crippen LogP contribution in [0.5, 0.6) is 0 Å². The van der Waals surface area contributed by atoms with Crippen LogP contribution in [-0.2, 0) is 0 Å². The predicted molar refractivity (Wildman–Crippen MR) is 262 cm³/mol. The molecule has 10 aromatic rings. The van der Waals surface area contributed by atoms with Crippen molar-refractivity contribution in [3.8, 4) is 61.6 Å². The van der Waals surface area contributed by atoms with Gasteiger partial charge in [-0.2, -0.15) is 0 Å². The summed E-state index contributed by atoms with van der Waals surface area (Å²) in [5.74, 6) is 0. The third-order valence-electron chi connectivity index (χ3n) is 12.1. The Hall–Kier alpha value is -8.01. The molecule has 11 rings (SSSR count). The summed E-state index contributed by atoms with van der Waals surface area (Å²) in [6, 6.07) is 76.1. The third-order valence-corrected chi connectivity index (χ3v) is 12.1. The predicted octanol–water partition coefficient (Wildman–Crippen LogP) is 16.0. The van der Waals surface area contributed by atoms with Crippen LogP contribution in [0, 0.1) is 0 Å². The van der Waals surface area contributed by atoms with Gasteiger partial charge in [0.05, 0.1) is 22.4 Å². The van der Waals surface area contributed by atoms with Crippen LogP contribution in [0.3, 0.4) is 0 Å². The number of anilines is 2. The zero-order valence-corrected chi connectivity index (χ0v) is 34.2. The molecule has 62 heavy (non-hydrogen) atoms. The quantitative estimate of drug-likeness (QED) is 0.158. The van der Waals surface area contributed by atoms with E-state index in [2.05, 4.69) is 228 Å². The van der Waals surface area contributed by atoms with Crippen molar-refractivity contribution in [2.45, 2.75) is 12.8 Å². The highest BCUT2D eigenvalue weighted by Crippen LogP contribution is 2.43. The Morgan fingerprint density at radius 3 is 1.71 bits per heavy atom. The number of rotatable bonds is 9. The van der Waals surface area contributed by atoms with Gasteiger partial charge in [0.2, 0.25) is 0 Å². The standard InChI is InChI=1S/C59H43N3/c1-5-18-43(19-6-1)53-38-46(41-32-34-42(35-33-41)47-39-56(44-20-7-2-8-21-44)61-57(40-47)45-22-9-3-10-23-45)36-37-55(53)60-54-30-15-13-26-49(54)51-28-17-29-52-50-27-14-16-31-58(50)62(59(51)52)48-24-11-4-12-25-48/h1-5,7-18,20-40,60H,6,19H2. The summed E-state index contributed by atoms with van der Waals surface area (Å²) in [5.41, 5.74) is 19.4. The third kappa shape index (κ3) is 7.00. The lowest BCUT2D eigenvalue weighted by atomic mass is 9.91. The van der Waals surface area contributed by atoms with Crippen LogP contribution in [-0.4, -0.2) is 9.55 Å². The summed E-state index contributed by atoms with van der Waals surface area (Å²) >= 11 is 0. The Morgan fingerprint density at radius 1 is 0.419 bits per heavy atom. The molecule has 3 heteroatoms. The number of benzene rings is 8. The molecular formula is C59H43N3. The van der Waals surface area contributed by atoms with Crippen molar-refractivity contribution in [2.75, 3.05) is 5.32 Å². The topological polar surface area (TPSA) is 29.9 Å². The molecule has 0 unspecified atom stereocenters. The molecule has 0 bridgehead atoms. The van der Waals surface area contributed by atoms with Crippen molar-refractivity contribution in [3.05, 3.63) is 236 Å². The number of nitrogens with one attached hydrogen (secondary N) is 1. The van der Waals surface area contributed by atoms with Crippen molar-refractivity contribution in [1.29, 1.82) is 0 Å². The monoisotopic (exact) mass is 793 g/mol. The lowest BCUT2D eigenvalue weighted by Gasteiger charge is -2.20. The Kier molecular flexibility index (Phi) is 9.68. The average molecular weight is 794 g/mol. The van der Waals surface area contributed by atoms with E-state index in [9.17, 15) is 0 Å². The molecule has 8 aromatic carbocycles. The molecule has 0 aliphatic heterocycles. The Labute approximate surface area is 362 Å². The maximum Gasteiger partial charge on any atom is 0.0715 e. The second-order valence-corrected chi connectivity index (χ2v) is 15.9. The molecule has 0 saturated carbocycles. The van der Waals surface area contributed by atoms with Gasteiger partial charge in [-0.15, -0.1) is 0 Å². The summed E-state index contributed by atoms with van der Waals surface area (Å²) in [7, 11) is 0. The molecule has 2 aromatic heterocycles. The van der Waals surface area contributed by atoms with E-state index in [0.717, 1.165) is 69.1 Å². The van der Waals surface area contributed by atoms with Crippen molar-refractivity contribution >= 4 is 38.8 Å². The van der Waals surface area contributed by atoms with Crippen molar-refractivity contribution in [1.82, 2.24) is 9.55 Å². The van der Waals surface area contributed by atoms with Gasteiger partial charge in [-0.1, -0.05) is 182 Å². The first-order valence-electron chi connectivity index (χ1n) is 21.4. The normalized spacial score (nSPS) is 12.4. The first kappa shape index (κ1) is 37.0. The van der Waals surface area contributed by atoms with Crippen LogP contribution in [0.1, 0.15) is 18.4 Å². The molecule has 3 nitrogen and oxygen atoms in total. The minimum atomic E-state index is 0.963. The van der Waals surface area contributed by atoms with E-state index < -0.39 is 0 Å². The van der Waals surface area contributed by atoms with Gasteiger partial charge in [0.25, 0.3) is 0 Å². The van der Waals surface area contributed by atoms with Crippen LogP contribution >= 0.6 is 0 Å². The number of allylic oxidation sites excluding steroid dienone is 4. The van der Waals surface area contributed by atoms with E-state index in [1.54, 1.807) is 0 Å². The van der Waals surface area contributed by atoms with E-state index in [-0.39, 0.29) is 0 Å². The van der Waals surface area contributed by atoms with E-state index in [0.29, 0.717) is 0 Å². The summed E-state index contributed by atoms with van der Waals surface area (Å²) in [5, 5.41) is 6.45. The Balaban J connectivity index is 0.977. The van der Waals surface area contributed by atoms with Crippen LogP contribution < -0.4 is 5.32 Å². The molecule has 1 aliphatic rings. The number of hydrogen-bond acceptors (Lipinski definition) is 2. The second-order valence-electron chi connectivity index (χ2n) is 15.9. The molecule has 0 atom stereocenters. The number of pyridine rings is 1. The molecule has 0 fully saturated rings. The summed E-state index contributed by atoms with van der Waals surface area (Å²) < 4.78 is 2.42. The van der Waals surface area contributed by atoms with Gasteiger partial charge in [-0.3, -0.25) is 0 Å². The van der Waals surface area contributed by atoms with Crippen LogP contribution in [0.25, 0.3) is 89.0 Å². The number of hydrogen-bond donors (Lipinski definition) is 1. The minimum Gasteiger partial charge on any atom is -0.355 e. The van der Waals surface area contributed by atoms with E-state index in [4.69, 9.17) is 4.98 Å². The van der Waals surface area contributed by atoms with Gasteiger partial charge in [0.1, 0.15) is 0 Å². The highest BCUT2D eigenvalue weighted by Gasteiger charge is 2.19. The number of aromatic nitrogens is 2. The second kappa shape index (κ2) is 16.2. The highest BCUT2D eigenvalue weighted by molar-refractivity contribution is 6.14. The highest BCUT2D eigenvalue weighted by atomic mass is 15.0. The van der Waals surface area contributed by atoms with Crippen molar-refractivity contribution in [3.63, 3.8) is 0 Å². The molecule has 0 amide bonds. The molecule has 0 spiro atoms. The Morgan fingerprint density at radius 2 is 1.00 bits per heavy atom. The van der Waals surface area contributed by atoms with E-state index in [1.807, 2.05) is 12.1 Å². The average Bonchev–Trinajstić information content (AvgIpc) is 3.70. The molecule has 1 aliphatic carbocycles. The van der Waals surface area contributed by atoms with Crippen LogP contribution in [0.2, 0.25) is 0 Å². The number of para-hydroxylation sites is 4. The minimum absolute atomic E-state index is 0.963. The summed E-state index contributed by atoms with van der Waals surface area (Å²) in [6.07, 6.45) is 8.74. The molecular weight excluding hydrogens is 751 g/mol. The van der Waals surface area contributed by atoms with Gasteiger partial charge in [0, 0.05) is 55.7 Å².